The molecule has 1 unspecified atom stereocenters. The zero-order valence-electron chi connectivity index (χ0n) is 15.3. The van der Waals surface area contributed by atoms with Gasteiger partial charge in [-0.25, -0.2) is 0 Å². The fourth-order valence-electron chi connectivity index (χ4n) is 2.93. The molecule has 138 valence electrons. The minimum atomic E-state index is -0.245. The number of methoxy groups -OCH3 is 1. The number of ketones is 1. The zero-order chi connectivity index (χ0) is 19.2. The molecular weight excluding hydrogens is 358 g/mol. The molecule has 1 atom stereocenters. The van der Waals surface area contributed by atoms with Gasteiger partial charge in [0.2, 0.25) is 5.78 Å². The third kappa shape index (κ3) is 4.63. The molecule has 0 saturated heterocycles. The van der Waals surface area contributed by atoms with E-state index < -0.39 is 0 Å². The maximum atomic E-state index is 12.8. The van der Waals surface area contributed by atoms with Crippen molar-refractivity contribution in [2.75, 3.05) is 7.11 Å². The highest BCUT2D eigenvalue weighted by Crippen LogP contribution is 2.19. The van der Waals surface area contributed by atoms with Crippen LogP contribution in [0.25, 0.3) is 0 Å². The van der Waals surface area contributed by atoms with E-state index in [2.05, 4.69) is 5.32 Å². The van der Waals surface area contributed by atoms with Crippen molar-refractivity contribution in [3.8, 4) is 5.75 Å². The van der Waals surface area contributed by atoms with Gasteiger partial charge in [-0.2, -0.15) is 0 Å². The Morgan fingerprint density at radius 2 is 1.81 bits per heavy atom. The average Bonchev–Trinajstić information content (AvgIpc) is 3.22. The van der Waals surface area contributed by atoms with E-state index in [1.165, 1.54) is 11.3 Å². The summed E-state index contributed by atoms with van der Waals surface area (Å²) in [6.07, 6.45) is 0.671. The summed E-state index contributed by atoms with van der Waals surface area (Å²) in [5.41, 5.74) is 1.89. The molecule has 4 nitrogen and oxygen atoms in total. The minimum Gasteiger partial charge on any atom is -0.497 e. The van der Waals surface area contributed by atoms with Gasteiger partial charge in [-0.15, -0.1) is 11.3 Å². The molecule has 2 aromatic carbocycles. The first-order valence-corrected chi connectivity index (χ1v) is 9.57. The van der Waals surface area contributed by atoms with Crippen LogP contribution in [-0.4, -0.2) is 24.8 Å². The fraction of sp³-hybridized carbons (Fsp3) is 0.182. The number of carbonyl (C=O) groups excluding carboxylic acids is 2. The van der Waals surface area contributed by atoms with Crippen LogP contribution >= 0.6 is 11.3 Å². The molecule has 0 aliphatic rings. The van der Waals surface area contributed by atoms with Gasteiger partial charge in [0.25, 0.3) is 5.91 Å². The van der Waals surface area contributed by atoms with Gasteiger partial charge in [0.1, 0.15) is 5.75 Å². The number of carbonyl (C=O) groups is 2. The molecule has 5 heteroatoms. The third-order valence-corrected chi connectivity index (χ3v) is 5.08. The second-order valence-electron chi connectivity index (χ2n) is 6.28. The summed E-state index contributed by atoms with van der Waals surface area (Å²) < 4.78 is 5.24. The van der Waals surface area contributed by atoms with E-state index in [0.29, 0.717) is 22.4 Å². The Bertz CT molecular complexity index is 934. The molecule has 3 aromatic rings. The monoisotopic (exact) mass is 379 g/mol. The SMILES string of the molecule is COc1cccc(CC(C)NC(=O)c2ccccc2C(=O)c2cccs2)c1. The van der Waals surface area contributed by atoms with E-state index in [-0.39, 0.29) is 17.7 Å². The molecular formula is C22H21NO3S. The number of rotatable bonds is 7. The van der Waals surface area contributed by atoms with Gasteiger partial charge in [-0.3, -0.25) is 9.59 Å². The Hall–Kier alpha value is -2.92. The van der Waals surface area contributed by atoms with Crippen molar-refractivity contribution in [3.63, 3.8) is 0 Å². The standard InChI is InChI=1S/C22H21NO3S/c1-15(13-16-7-5-8-17(14-16)26-2)23-22(25)19-10-4-3-9-18(19)21(24)20-11-6-12-27-20/h3-12,14-15H,13H2,1-2H3,(H,23,25). The van der Waals surface area contributed by atoms with E-state index in [0.717, 1.165) is 11.3 Å². The quantitative estimate of drug-likeness (QED) is 0.621. The first-order chi connectivity index (χ1) is 13.1. The second-order valence-corrected chi connectivity index (χ2v) is 7.23. The molecule has 1 aromatic heterocycles. The van der Waals surface area contributed by atoms with Crippen molar-refractivity contribution in [1.82, 2.24) is 5.32 Å². The van der Waals surface area contributed by atoms with E-state index in [1.807, 2.05) is 42.6 Å². The van der Waals surface area contributed by atoms with E-state index >= 15 is 0 Å². The van der Waals surface area contributed by atoms with Gasteiger partial charge in [0.05, 0.1) is 17.6 Å². The molecule has 1 heterocycles. The van der Waals surface area contributed by atoms with Crippen LogP contribution in [-0.2, 0) is 6.42 Å². The van der Waals surface area contributed by atoms with E-state index in [1.54, 1.807) is 37.4 Å². The van der Waals surface area contributed by atoms with Crippen LogP contribution in [0.3, 0.4) is 0 Å². The Balaban J connectivity index is 1.73. The Kier molecular flexibility index (Phi) is 6.04. The van der Waals surface area contributed by atoms with Crippen molar-refractivity contribution >= 4 is 23.0 Å². The van der Waals surface area contributed by atoms with Crippen molar-refractivity contribution in [2.45, 2.75) is 19.4 Å². The summed E-state index contributed by atoms with van der Waals surface area (Å²) >= 11 is 1.37. The van der Waals surface area contributed by atoms with Crippen LogP contribution in [0.15, 0.2) is 66.0 Å². The highest BCUT2D eigenvalue weighted by Gasteiger charge is 2.19. The normalized spacial score (nSPS) is 11.6. The number of ether oxygens (including phenoxy) is 1. The fourth-order valence-corrected chi connectivity index (χ4v) is 3.60. The molecule has 0 aliphatic heterocycles. The number of benzene rings is 2. The number of hydrogen-bond donors (Lipinski definition) is 1. The predicted molar refractivity (Wildman–Crippen MR) is 108 cm³/mol. The van der Waals surface area contributed by atoms with Crippen LogP contribution < -0.4 is 10.1 Å². The maximum absolute atomic E-state index is 12.8. The van der Waals surface area contributed by atoms with Gasteiger partial charge in [-0.05, 0) is 48.6 Å². The molecule has 27 heavy (non-hydrogen) atoms. The van der Waals surface area contributed by atoms with Crippen LogP contribution in [0.2, 0.25) is 0 Å². The largest absolute Gasteiger partial charge is 0.497 e. The van der Waals surface area contributed by atoms with Crippen LogP contribution in [0, 0.1) is 0 Å². The molecule has 0 fully saturated rings. The lowest BCUT2D eigenvalue weighted by Crippen LogP contribution is -2.35. The van der Waals surface area contributed by atoms with Crippen molar-refractivity contribution in [3.05, 3.63) is 87.6 Å². The summed E-state index contributed by atoms with van der Waals surface area (Å²) in [5.74, 6) is 0.417. The van der Waals surface area contributed by atoms with Crippen LogP contribution in [0.1, 0.15) is 38.1 Å². The molecule has 0 aliphatic carbocycles. The van der Waals surface area contributed by atoms with Crippen LogP contribution in [0.4, 0.5) is 0 Å². The summed E-state index contributed by atoms with van der Waals surface area (Å²) in [6, 6.07) is 18.2. The predicted octanol–water partition coefficient (Wildman–Crippen LogP) is 4.35. The summed E-state index contributed by atoms with van der Waals surface area (Å²) in [4.78, 5) is 26.1. The van der Waals surface area contributed by atoms with Crippen LogP contribution in [0.5, 0.6) is 5.75 Å². The lowest BCUT2D eigenvalue weighted by atomic mass is 10.0. The summed E-state index contributed by atoms with van der Waals surface area (Å²) in [6.45, 7) is 1.95. The molecule has 1 N–H and O–H groups in total. The van der Waals surface area contributed by atoms with Gasteiger partial charge >= 0.3 is 0 Å². The van der Waals surface area contributed by atoms with Crippen molar-refractivity contribution < 1.29 is 14.3 Å². The average molecular weight is 379 g/mol. The third-order valence-electron chi connectivity index (χ3n) is 4.21. The Labute approximate surface area is 162 Å². The number of hydrogen-bond acceptors (Lipinski definition) is 4. The molecule has 0 saturated carbocycles. The number of nitrogens with one attached hydrogen (secondary N) is 1. The van der Waals surface area contributed by atoms with E-state index in [9.17, 15) is 9.59 Å². The number of thiophene rings is 1. The van der Waals surface area contributed by atoms with E-state index in [4.69, 9.17) is 4.74 Å². The topological polar surface area (TPSA) is 55.4 Å². The lowest BCUT2D eigenvalue weighted by Gasteiger charge is -2.16. The highest BCUT2D eigenvalue weighted by atomic mass is 32.1. The molecule has 0 spiro atoms. The zero-order valence-corrected chi connectivity index (χ0v) is 16.1. The Morgan fingerprint density at radius 1 is 1.04 bits per heavy atom. The van der Waals surface area contributed by atoms with Gasteiger partial charge in [0, 0.05) is 11.6 Å². The molecule has 3 rings (SSSR count). The highest BCUT2D eigenvalue weighted by molar-refractivity contribution is 7.12. The minimum absolute atomic E-state index is 0.0884. The smallest absolute Gasteiger partial charge is 0.252 e. The molecule has 0 radical (unpaired) electrons. The van der Waals surface area contributed by atoms with Crippen molar-refractivity contribution in [1.29, 1.82) is 0 Å². The summed E-state index contributed by atoms with van der Waals surface area (Å²) in [7, 11) is 1.63. The lowest BCUT2D eigenvalue weighted by molar-refractivity contribution is 0.0930. The maximum Gasteiger partial charge on any atom is 0.252 e. The number of amides is 1. The van der Waals surface area contributed by atoms with Gasteiger partial charge < -0.3 is 10.1 Å². The Morgan fingerprint density at radius 3 is 2.52 bits per heavy atom. The molecule has 0 bridgehead atoms. The summed E-state index contributed by atoms with van der Waals surface area (Å²) in [5, 5.41) is 4.85. The first-order valence-electron chi connectivity index (χ1n) is 8.69. The first kappa shape index (κ1) is 18.9. The second kappa shape index (κ2) is 8.64. The van der Waals surface area contributed by atoms with Crippen molar-refractivity contribution in [2.24, 2.45) is 0 Å². The molecule has 1 amide bonds. The van der Waals surface area contributed by atoms with Gasteiger partial charge in [0.15, 0.2) is 0 Å². The van der Waals surface area contributed by atoms with Gasteiger partial charge in [-0.1, -0.05) is 36.4 Å².